The van der Waals surface area contributed by atoms with E-state index >= 15 is 0 Å². The Morgan fingerprint density at radius 3 is 2.47 bits per heavy atom. The molecule has 2 heterocycles. The Hall–Kier alpha value is -3.55. The van der Waals surface area contributed by atoms with Crippen LogP contribution in [0.1, 0.15) is 43.5 Å². The third-order valence-corrected chi connectivity index (χ3v) is 6.70. The molecular weight excluding hydrogens is 456 g/mol. The van der Waals surface area contributed by atoms with Gasteiger partial charge in [0, 0.05) is 26.1 Å². The number of nitrogens with zero attached hydrogens (tertiary/aromatic N) is 3. The van der Waals surface area contributed by atoms with Crippen LogP contribution >= 0.6 is 0 Å². The van der Waals surface area contributed by atoms with E-state index in [-0.39, 0.29) is 18.2 Å². The second kappa shape index (κ2) is 12.4. The first-order valence-corrected chi connectivity index (χ1v) is 12.8. The number of rotatable bonds is 10. The zero-order chi connectivity index (χ0) is 25.3. The number of carbonyl (C=O) groups excluding carboxylic acids is 2. The fourth-order valence-corrected chi connectivity index (χ4v) is 4.76. The molecule has 1 fully saturated rings. The second-order valence-corrected chi connectivity index (χ2v) is 9.22. The number of amides is 2. The first kappa shape index (κ1) is 25.5. The Bertz CT molecular complexity index is 1180. The number of imidazole rings is 1. The summed E-state index contributed by atoms with van der Waals surface area (Å²) in [6.45, 7) is 2.52. The highest BCUT2D eigenvalue weighted by Gasteiger charge is 2.19. The second-order valence-electron chi connectivity index (χ2n) is 9.22. The molecule has 1 aromatic heterocycles. The molecular formula is C28H36N4O4. The van der Waals surface area contributed by atoms with Crippen LogP contribution in [0.25, 0.3) is 11.0 Å². The van der Waals surface area contributed by atoms with E-state index in [1.807, 2.05) is 45.9 Å². The molecule has 0 unspecified atom stereocenters. The zero-order valence-corrected chi connectivity index (χ0v) is 21.3. The highest BCUT2D eigenvalue weighted by atomic mass is 16.5. The lowest BCUT2D eigenvalue weighted by Crippen LogP contribution is -2.35. The third-order valence-electron chi connectivity index (χ3n) is 6.70. The van der Waals surface area contributed by atoms with Gasteiger partial charge in [-0.2, -0.15) is 0 Å². The maximum Gasteiger partial charge on any atom is 0.242 e. The van der Waals surface area contributed by atoms with Gasteiger partial charge in [-0.1, -0.05) is 31.0 Å². The van der Waals surface area contributed by atoms with E-state index in [9.17, 15) is 9.59 Å². The number of para-hydroxylation sites is 2. The molecule has 0 spiro atoms. The SMILES string of the molecule is COc1ccc(CC(=O)NCCCc2nc3ccccc3n2CC(=O)N2CCCCCC2)cc1OC. The topological polar surface area (TPSA) is 85.7 Å². The molecule has 1 aliphatic heterocycles. The van der Waals surface area contributed by atoms with Gasteiger partial charge in [-0.3, -0.25) is 9.59 Å². The van der Waals surface area contributed by atoms with E-state index < -0.39 is 0 Å². The number of carbonyl (C=O) groups is 2. The maximum atomic E-state index is 13.1. The van der Waals surface area contributed by atoms with Crippen molar-refractivity contribution in [1.29, 1.82) is 0 Å². The molecule has 2 amide bonds. The lowest BCUT2D eigenvalue weighted by Gasteiger charge is -2.21. The van der Waals surface area contributed by atoms with Crippen LogP contribution in [-0.2, 0) is 29.0 Å². The van der Waals surface area contributed by atoms with E-state index in [0.717, 1.165) is 54.8 Å². The highest BCUT2D eigenvalue weighted by Crippen LogP contribution is 2.27. The van der Waals surface area contributed by atoms with Gasteiger partial charge in [0.15, 0.2) is 11.5 Å². The van der Waals surface area contributed by atoms with Crippen LogP contribution in [0.2, 0.25) is 0 Å². The number of methoxy groups -OCH3 is 2. The van der Waals surface area contributed by atoms with Crippen LogP contribution in [0.4, 0.5) is 0 Å². The van der Waals surface area contributed by atoms with Gasteiger partial charge in [-0.25, -0.2) is 4.98 Å². The summed E-state index contributed by atoms with van der Waals surface area (Å²) in [5.41, 5.74) is 2.74. The Balaban J connectivity index is 1.34. The molecule has 3 aromatic rings. The first-order valence-electron chi connectivity index (χ1n) is 12.8. The zero-order valence-electron chi connectivity index (χ0n) is 21.3. The number of aryl methyl sites for hydroxylation is 1. The van der Waals surface area contributed by atoms with Crippen molar-refractivity contribution in [1.82, 2.24) is 19.8 Å². The van der Waals surface area contributed by atoms with Crippen LogP contribution < -0.4 is 14.8 Å². The molecule has 8 nitrogen and oxygen atoms in total. The van der Waals surface area contributed by atoms with Crippen molar-refractivity contribution in [3.8, 4) is 11.5 Å². The molecule has 4 rings (SSSR count). The summed E-state index contributed by atoms with van der Waals surface area (Å²) in [7, 11) is 3.17. The van der Waals surface area contributed by atoms with Gasteiger partial charge >= 0.3 is 0 Å². The van der Waals surface area contributed by atoms with Gasteiger partial charge in [-0.15, -0.1) is 0 Å². The molecule has 0 saturated carbocycles. The summed E-state index contributed by atoms with van der Waals surface area (Å²) in [5, 5.41) is 3.00. The standard InChI is InChI=1S/C28H36N4O4/c1-35-24-14-13-21(18-25(24)36-2)19-27(33)29-15-9-12-26-30-22-10-5-6-11-23(22)32(26)20-28(34)31-16-7-3-4-8-17-31/h5-6,10-11,13-14,18H,3-4,7-9,12,15-17,19-20H2,1-2H3,(H,29,33). The molecule has 2 aromatic carbocycles. The smallest absolute Gasteiger partial charge is 0.242 e. The minimum atomic E-state index is -0.0490. The van der Waals surface area contributed by atoms with Crippen molar-refractivity contribution in [2.24, 2.45) is 0 Å². The Morgan fingerprint density at radius 2 is 1.72 bits per heavy atom. The minimum absolute atomic E-state index is 0.0490. The lowest BCUT2D eigenvalue weighted by molar-refractivity contribution is -0.131. The summed E-state index contributed by atoms with van der Waals surface area (Å²) in [4.78, 5) is 32.4. The fourth-order valence-electron chi connectivity index (χ4n) is 4.76. The van der Waals surface area contributed by atoms with Gasteiger partial charge in [0.05, 0.1) is 31.7 Å². The number of likely N-dealkylation sites (tertiary alicyclic amines) is 1. The Labute approximate surface area is 212 Å². The van der Waals surface area contributed by atoms with Gasteiger partial charge in [0.2, 0.25) is 11.8 Å². The summed E-state index contributed by atoms with van der Waals surface area (Å²) >= 11 is 0. The number of benzene rings is 2. The largest absolute Gasteiger partial charge is 0.493 e. The molecule has 8 heteroatoms. The molecule has 0 bridgehead atoms. The highest BCUT2D eigenvalue weighted by molar-refractivity contribution is 5.81. The number of fused-ring (bicyclic) bond motifs is 1. The number of aromatic nitrogens is 2. The molecule has 1 saturated heterocycles. The average Bonchev–Trinajstić information content (AvgIpc) is 3.05. The summed E-state index contributed by atoms with van der Waals surface area (Å²) < 4.78 is 12.6. The number of nitrogens with one attached hydrogen (secondary N) is 1. The van der Waals surface area contributed by atoms with E-state index in [4.69, 9.17) is 14.5 Å². The molecule has 0 radical (unpaired) electrons. The number of hydrogen-bond donors (Lipinski definition) is 1. The van der Waals surface area contributed by atoms with E-state index in [0.29, 0.717) is 31.0 Å². The molecule has 36 heavy (non-hydrogen) atoms. The van der Waals surface area contributed by atoms with Crippen molar-refractivity contribution in [3.05, 3.63) is 53.9 Å². The monoisotopic (exact) mass is 492 g/mol. The molecule has 192 valence electrons. The van der Waals surface area contributed by atoms with Crippen LogP contribution in [0.3, 0.4) is 0 Å². The quantitative estimate of drug-likeness (QED) is 0.436. The molecule has 0 aliphatic carbocycles. The summed E-state index contributed by atoms with van der Waals surface area (Å²) in [6.07, 6.45) is 6.22. The average molecular weight is 493 g/mol. The van der Waals surface area contributed by atoms with Gasteiger partial charge < -0.3 is 24.3 Å². The number of ether oxygens (including phenoxy) is 2. The van der Waals surface area contributed by atoms with Crippen molar-refractivity contribution in [3.63, 3.8) is 0 Å². The fraction of sp³-hybridized carbons (Fsp3) is 0.464. The lowest BCUT2D eigenvalue weighted by atomic mass is 10.1. The minimum Gasteiger partial charge on any atom is -0.493 e. The van der Waals surface area contributed by atoms with E-state index in [1.54, 1.807) is 20.3 Å². The van der Waals surface area contributed by atoms with Crippen LogP contribution in [-0.4, -0.2) is 60.1 Å². The predicted molar refractivity (Wildman–Crippen MR) is 139 cm³/mol. The number of hydrogen-bond acceptors (Lipinski definition) is 5. The predicted octanol–water partition coefficient (Wildman–Crippen LogP) is 3.75. The third kappa shape index (κ3) is 6.36. The van der Waals surface area contributed by atoms with Crippen molar-refractivity contribution in [2.75, 3.05) is 33.9 Å². The Morgan fingerprint density at radius 1 is 0.972 bits per heavy atom. The van der Waals surface area contributed by atoms with Gasteiger partial charge in [0.1, 0.15) is 12.4 Å². The van der Waals surface area contributed by atoms with Crippen molar-refractivity contribution in [2.45, 2.75) is 51.5 Å². The van der Waals surface area contributed by atoms with Crippen molar-refractivity contribution >= 4 is 22.8 Å². The van der Waals surface area contributed by atoms with Crippen molar-refractivity contribution < 1.29 is 19.1 Å². The maximum absolute atomic E-state index is 13.1. The Kier molecular flexibility index (Phi) is 8.81. The van der Waals surface area contributed by atoms with Crippen LogP contribution in [0.15, 0.2) is 42.5 Å². The molecule has 1 N–H and O–H groups in total. The molecule has 0 atom stereocenters. The summed E-state index contributed by atoms with van der Waals surface area (Å²) in [5.74, 6) is 2.24. The first-order chi connectivity index (χ1) is 17.6. The van der Waals surface area contributed by atoms with Crippen LogP contribution in [0.5, 0.6) is 11.5 Å². The van der Waals surface area contributed by atoms with E-state index in [1.165, 1.54) is 12.8 Å². The van der Waals surface area contributed by atoms with E-state index in [2.05, 4.69) is 5.32 Å². The van der Waals surface area contributed by atoms with Gasteiger partial charge in [0.25, 0.3) is 0 Å². The van der Waals surface area contributed by atoms with Gasteiger partial charge in [-0.05, 0) is 49.1 Å². The molecule has 1 aliphatic rings. The van der Waals surface area contributed by atoms with Crippen LogP contribution in [0, 0.1) is 0 Å². The summed E-state index contributed by atoms with van der Waals surface area (Å²) in [6, 6.07) is 13.4. The normalized spacial score (nSPS) is 13.9.